The molecule has 0 aromatic heterocycles. The number of nitrogens with one attached hydrogen (secondary N) is 3. The van der Waals surface area contributed by atoms with Gasteiger partial charge >= 0.3 is 47.8 Å². The molecule has 4 aromatic carbocycles. The molecule has 2 fully saturated rings. The van der Waals surface area contributed by atoms with E-state index in [1.807, 2.05) is 12.2 Å². The average Bonchev–Trinajstić information content (AvgIpc) is 3.54. The molecule has 420 valence electrons. The summed E-state index contributed by atoms with van der Waals surface area (Å²) in [5, 5.41) is 7.69. The van der Waals surface area contributed by atoms with Gasteiger partial charge in [-0.15, -0.1) is 0 Å². The zero-order valence-corrected chi connectivity index (χ0v) is 39.4. The maximum Gasteiger partial charge on any atom is 0.338 e. The second-order valence-electron chi connectivity index (χ2n) is 15.9. The Hall–Kier alpha value is -7.67. The monoisotopic (exact) mass is 1100 g/mol. The van der Waals surface area contributed by atoms with Gasteiger partial charge in [-0.1, -0.05) is 127 Å². The third-order valence-corrected chi connectivity index (χ3v) is 11.0. The van der Waals surface area contributed by atoms with Crippen molar-refractivity contribution in [3.05, 3.63) is 168 Å². The first-order valence-corrected chi connectivity index (χ1v) is 23.9. The van der Waals surface area contributed by atoms with Crippen LogP contribution in [0.3, 0.4) is 0 Å². The third kappa shape index (κ3) is 18.3. The minimum Gasteiger partial charge on any atom is -0.459 e. The molecule has 3 N–H and O–H groups in total. The maximum atomic E-state index is 15.5. The number of carbonyl (C=O) groups excluding carboxylic acids is 6. The number of halogens is 4. The largest absolute Gasteiger partial charge is 0.459 e. The molecule has 0 bridgehead atoms. The van der Waals surface area contributed by atoms with Crippen molar-refractivity contribution in [2.75, 3.05) is 45.6 Å². The Balaban J connectivity index is 0.000000440. The number of benzene rings is 4. The van der Waals surface area contributed by atoms with Gasteiger partial charge in [-0.3, -0.25) is 4.90 Å². The van der Waals surface area contributed by atoms with Gasteiger partial charge in [-0.05, 0) is 48.5 Å². The molecule has 0 spiro atoms. The van der Waals surface area contributed by atoms with Gasteiger partial charge in [-0.2, -0.15) is 26.0 Å². The summed E-state index contributed by atoms with van der Waals surface area (Å²) in [4.78, 5) is 72.9. The molecule has 6 atom stereocenters. The zero-order chi connectivity index (χ0) is 52.6. The van der Waals surface area contributed by atoms with E-state index in [1.165, 1.54) is 60.7 Å². The van der Waals surface area contributed by atoms with Crippen molar-refractivity contribution in [2.24, 2.45) is 0 Å². The maximum absolute atomic E-state index is 15.5. The molecule has 0 saturated carbocycles. The highest BCUT2D eigenvalue weighted by Crippen LogP contribution is 2.42. The van der Waals surface area contributed by atoms with Crippen LogP contribution in [-0.4, -0.2) is 144 Å². The van der Waals surface area contributed by atoms with Crippen molar-refractivity contribution >= 4 is 46.1 Å². The van der Waals surface area contributed by atoms with Crippen LogP contribution in [0, 0.1) is 0 Å². The summed E-state index contributed by atoms with van der Waals surface area (Å²) in [6.07, 6.45) is -4.59. The molecular weight excluding hydrogens is 1040 g/mol. The van der Waals surface area contributed by atoms with E-state index >= 15 is 8.78 Å². The van der Waals surface area contributed by atoms with Crippen molar-refractivity contribution in [1.82, 2.24) is 20.9 Å². The van der Waals surface area contributed by atoms with E-state index in [1.54, 1.807) is 72.8 Å². The van der Waals surface area contributed by atoms with Crippen LogP contribution in [-0.2, 0) is 42.7 Å². The van der Waals surface area contributed by atoms with Gasteiger partial charge in [0, 0.05) is 26.2 Å². The highest BCUT2D eigenvalue weighted by molar-refractivity contribution is 7.86. The first-order valence-electron chi connectivity index (χ1n) is 22.1. The Morgan fingerprint density at radius 3 is 1.34 bits per heavy atom. The van der Waals surface area contributed by atoms with Gasteiger partial charge in [0.05, 0.1) is 28.5 Å². The number of esters is 4. The molecule has 24 heteroatoms. The summed E-state index contributed by atoms with van der Waals surface area (Å²) >= 11 is 0. The lowest BCUT2D eigenvalue weighted by atomic mass is 10.1. The fourth-order valence-electron chi connectivity index (χ4n) is 6.99. The zero-order valence-electron chi connectivity index (χ0n) is 38.6. The quantitative estimate of drug-likeness (QED) is 0.0380. The molecule has 4 aliphatic heterocycles. The Morgan fingerprint density at radius 1 is 0.558 bits per heavy atom. The lowest BCUT2D eigenvalue weighted by Crippen LogP contribution is -2.54. The molecule has 4 aromatic rings. The Bertz CT molecular complexity index is 2700. The van der Waals surface area contributed by atoms with Crippen molar-refractivity contribution in [3.63, 3.8) is 0 Å². The molecule has 77 heavy (non-hydrogen) atoms. The predicted octanol–water partition coefficient (Wildman–Crippen LogP) is 7.82. The predicted molar refractivity (Wildman–Crippen MR) is 275 cm³/mol. The Kier molecular flexibility index (Phi) is 25.6. The lowest BCUT2D eigenvalue weighted by Gasteiger charge is -2.30. The second-order valence-corrected chi connectivity index (χ2v) is 17.5. The van der Waals surface area contributed by atoms with Crippen LogP contribution >= 0.6 is 0 Å². The normalized spacial score (nSPS) is 21.5. The van der Waals surface area contributed by atoms with E-state index < -0.39 is 102 Å². The van der Waals surface area contributed by atoms with Crippen LogP contribution in [0.5, 0.6) is 0 Å². The summed E-state index contributed by atoms with van der Waals surface area (Å²) in [6.45, 7) is -0.0185. The van der Waals surface area contributed by atoms with Crippen molar-refractivity contribution in [1.29, 1.82) is 0 Å². The number of hydrogen-bond acceptors (Lipinski definition) is 15. The van der Waals surface area contributed by atoms with Crippen LogP contribution in [0.2, 0.25) is 0 Å². The summed E-state index contributed by atoms with van der Waals surface area (Å²) in [5.74, 6) is -11.5. The van der Waals surface area contributed by atoms with Gasteiger partial charge in [0.15, 0.2) is 6.10 Å². The van der Waals surface area contributed by atoms with Gasteiger partial charge in [-0.25, -0.2) is 33.0 Å². The SMILES string of the molecule is C.C.C.C.CS(=O)(=O)OC1O[C@H](COC(=O)c2ccccc2)[C@@H](OC(=O)c2ccccc2)C1(F)F.O=C(OC[C@H]1O[C@@H](N2CC=CCNC2=O)C(F)(F)[C@@H]1OC(=O)c1ccccc1)c1ccccc1.O=C1NCC=CCN1. The van der Waals surface area contributed by atoms with Crippen LogP contribution in [0.15, 0.2) is 146 Å². The minimum atomic E-state index is -4.33. The number of ether oxygens (including phenoxy) is 6. The topological polar surface area (TPSA) is 240 Å². The summed E-state index contributed by atoms with van der Waals surface area (Å²) in [5.41, 5.74) is 0.440. The van der Waals surface area contributed by atoms with Crippen molar-refractivity contribution in [3.8, 4) is 0 Å². The van der Waals surface area contributed by atoms with E-state index in [2.05, 4.69) is 20.1 Å². The van der Waals surface area contributed by atoms with E-state index in [-0.39, 0.29) is 71.1 Å². The first kappa shape index (κ1) is 65.4. The van der Waals surface area contributed by atoms with Crippen molar-refractivity contribution in [2.45, 2.75) is 78.5 Å². The highest BCUT2D eigenvalue weighted by Gasteiger charge is 2.65. The Labute approximate surface area is 444 Å². The van der Waals surface area contributed by atoms with Crippen LogP contribution in [0.25, 0.3) is 0 Å². The molecule has 4 amide bonds. The summed E-state index contributed by atoms with van der Waals surface area (Å²) < 4.78 is 119. The molecule has 2 saturated heterocycles. The van der Waals surface area contributed by atoms with Gasteiger partial charge < -0.3 is 44.4 Å². The number of alkyl halides is 4. The van der Waals surface area contributed by atoms with E-state index in [0.29, 0.717) is 19.3 Å². The summed E-state index contributed by atoms with van der Waals surface area (Å²) in [6, 6.07) is 29.9. The number of urea groups is 2. The van der Waals surface area contributed by atoms with E-state index in [0.717, 1.165) is 4.90 Å². The number of amides is 4. The smallest absolute Gasteiger partial charge is 0.338 e. The molecule has 0 aliphatic carbocycles. The van der Waals surface area contributed by atoms with Gasteiger partial charge in [0.25, 0.3) is 10.1 Å². The van der Waals surface area contributed by atoms with Crippen LogP contribution in [0.1, 0.15) is 71.1 Å². The number of rotatable bonds is 13. The average molecular weight is 1110 g/mol. The third-order valence-electron chi connectivity index (χ3n) is 10.5. The van der Waals surface area contributed by atoms with E-state index in [4.69, 9.17) is 28.4 Å². The molecule has 1 unspecified atom stereocenters. The fraction of sp³-hybridized carbons (Fsp3) is 0.358. The number of nitrogens with zero attached hydrogens (tertiary/aromatic N) is 1. The minimum absolute atomic E-state index is 0. The van der Waals surface area contributed by atoms with Crippen LogP contribution in [0.4, 0.5) is 27.2 Å². The highest BCUT2D eigenvalue weighted by atomic mass is 32.2. The second kappa shape index (κ2) is 30.2. The molecule has 4 aliphatic rings. The molecule has 19 nitrogen and oxygen atoms in total. The number of carbonyl (C=O) groups is 6. The first-order chi connectivity index (χ1) is 34.8. The van der Waals surface area contributed by atoms with Crippen LogP contribution < -0.4 is 16.0 Å². The molecule has 0 radical (unpaired) electrons. The standard InChI is InChI=1S/C24H22F2N2O6.C20H18F2O8S.C5H8N2O.4CH4/c25-24(26)19(34-21(30)17-11-5-2-6-12-17)18(15-32-20(29)16-9-3-1-4-10-16)33-22(24)28-14-8-7-13-27-23(28)31;1-31(25,26)30-19-20(21,22)16(29-18(24)14-10-6-3-7-11-14)15(28-19)12-27-17(23)13-8-4-2-5-9-13;8-5-6-3-1-2-4-7-5;;;;/h1-12,18-19,22H,13-15H2,(H,27,31);2-11,15-16,19H,12H2,1H3;1-2H,3-4H2,(H2,6,7,8);4*1H4/t18-,19-,22-;15-,16-,19?;;;;;/m11...../s1. The number of hydrogen-bond donors (Lipinski definition) is 3. The molecular formula is C53H64F4N4O15S. The fourth-order valence-corrected chi connectivity index (χ4v) is 7.48. The van der Waals surface area contributed by atoms with Gasteiger partial charge in [0.1, 0.15) is 25.4 Å². The van der Waals surface area contributed by atoms with Crippen molar-refractivity contribution < 1.29 is 87.4 Å². The van der Waals surface area contributed by atoms with Gasteiger partial charge in [0.2, 0.25) is 18.6 Å². The molecule has 8 rings (SSSR count). The Morgan fingerprint density at radius 2 is 0.922 bits per heavy atom. The molecule has 4 heterocycles. The summed E-state index contributed by atoms with van der Waals surface area (Å²) in [7, 11) is -4.33. The van der Waals surface area contributed by atoms with E-state index in [9.17, 15) is 46.0 Å². The lowest BCUT2D eigenvalue weighted by molar-refractivity contribution is -0.183.